The Labute approximate surface area is 125 Å². The van der Waals surface area contributed by atoms with Gasteiger partial charge in [0.05, 0.1) is 11.7 Å². The molecule has 0 unspecified atom stereocenters. The molecule has 0 radical (unpaired) electrons. The van der Waals surface area contributed by atoms with Crippen LogP contribution in [0.2, 0.25) is 0 Å². The molecule has 1 aromatic carbocycles. The molecular formula is C16H24FN3O. The van der Waals surface area contributed by atoms with Crippen LogP contribution in [-0.4, -0.2) is 49.6 Å². The van der Waals surface area contributed by atoms with Crippen LogP contribution in [0.5, 0.6) is 0 Å². The topological polar surface area (TPSA) is 35.6 Å². The van der Waals surface area contributed by atoms with Crippen molar-refractivity contribution < 1.29 is 9.18 Å². The zero-order valence-corrected chi connectivity index (χ0v) is 12.8. The molecule has 1 fully saturated rings. The van der Waals surface area contributed by atoms with Crippen LogP contribution in [0.4, 0.5) is 10.1 Å². The lowest BCUT2D eigenvalue weighted by atomic mass is 10.2. The largest absolute Gasteiger partial charge is 0.367 e. The molecule has 0 aliphatic carbocycles. The van der Waals surface area contributed by atoms with Gasteiger partial charge in [-0.25, -0.2) is 4.39 Å². The third-order valence-corrected chi connectivity index (χ3v) is 3.98. The number of para-hydroxylation sites is 1. The Morgan fingerprint density at radius 2 is 1.95 bits per heavy atom. The highest BCUT2D eigenvalue weighted by Gasteiger charge is 2.26. The second kappa shape index (κ2) is 7.41. The normalized spacial score (nSPS) is 17.6. The van der Waals surface area contributed by atoms with Crippen molar-refractivity contribution >= 4 is 11.6 Å². The lowest BCUT2D eigenvalue weighted by Crippen LogP contribution is -2.54. The van der Waals surface area contributed by atoms with Gasteiger partial charge in [-0.2, -0.15) is 0 Å². The summed E-state index contributed by atoms with van der Waals surface area (Å²) in [4.78, 5) is 16.2. The van der Waals surface area contributed by atoms with Gasteiger partial charge in [-0.1, -0.05) is 19.1 Å². The molecule has 4 nitrogen and oxygen atoms in total. The number of carbonyl (C=O) groups excluding carboxylic acids is 1. The van der Waals surface area contributed by atoms with Crippen molar-refractivity contribution in [2.24, 2.45) is 0 Å². The smallest absolute Gasteiger partial charge is 0.237 e. The highest BCUT2D eigenvalue weighted by molar-refractivity contribution is 5.81. The molecule has 0 spiro atoms. The minimum atomic E-state index is -0.181. The summed E-state index contributed by atoms with van der Waals surface area (Å²) < 4.78 is 13.8. The zero-order chi connectivity index (χ0) is 15.2. The SMILES string of the molecule is CCCNC(=O)[C@@H](C)N1CCN(c2ccccc2F)CC1. The summed E-state index contributed by atoms with van der Waals surface area (Å²) in [6, 6.07) is 6.73. The average molecular weight is 293 g/mol. The Bertz CT molecular complexity index is 472. The third kappa shape index (κ3) is 3.94. The van der Waals surface area contributed by atoms with Crippen LogP contribution in [0.3, 0.4) is 0 Å². The molecule has 1 N–H and O–H groups in total. The lowest BCUT2D eigenvalue weighted by Gasteiger charge is -2.38. The molecule has 2 rings (SSSR count). The van der Waals surface area contributed by atoms with Crippen LogP contribution < -0.4 is 10.2 Å². The summed E-state index contributed by atoms with van der Waals surface area (Å²) in [5.74, 6) is -0.101. The number of hydrogen-bond acceptors (Lipinski definition) is 3. The van der Waals surface area contributed by atoms with Gasteiger partial charge in [0.2, 0.25) is 5.91 Å². The second-order valence-electron chi connectivity index (χ2n) is 5.44. The molecule has 1 aliphatic heterocycles. The Kier molecular flexibility index (Phi) is 5.56. The Morgan fingerprint density at radius 1 is 1.29 bits per heavy atom. The fourth-order valence-corrected chi connectivity index (χ4v) is 2.62. The first-order valence-corrected chi connectivity index (χ1v) is 7.64. The van der Waals surface area contributed by atoms with Crippen LogP contribution in [-0.2, 0) is 4.79 Å². The highest BCUT2D eigenvalue weighted by atomic mass is 19.1. The Hall–Kier alpha value is -1.62. The number of rotatable bonds is 5. The van der Waals surface area contributed by atoms with E-state index in [1.54, 1.807) is 6.07 Å². The zero-order valence-electron chi connectivity index (χ0n) is 12.8. The van der Waals surface area contributed by atoms with Crippen LogP contribution in [0, 0.1) is 5.82 Å². The van der Waals surface area contributed by atoms with Crippen LogP contribution in [0.25, 0.3) is 0 Å². The maximum Gasteiger partial charge on any atom is 0.237 e. The summed E-state index contributed by atoms with van der Waals surface area (Å²) in [6.07, 6.45) is 0.944. The summed E-state index contributed by atoms with van der Waals surface area (Å²) in [5.41, 5.74) is 0.653. The summed E-state index contributed by atoms with van der Waals surface area (Å²) in [7, 11) is 0. The van der Waals surface area contributed by atoms with Gasteiger partial charge < -0.3 is 10.2 Å². The van der Waals surface area contributed by atoms with Crippen molar-refractivity contribution in [1.29, 1.82) is 0 Å². The predicted molar refractivity (Wildman–Crippen MR) is 82.9 cm³/mol. The molecule has 0 saturated carbocycles. The van der Waals surface area contributed by atoms with E-state index in [0.717, 1.165) is 39.1 Å². The summed E-state index contributed by atoms with van der Waals surface area (Å²) in [6.45, 7) is 7.73. The van der Waals surface area contributed by atoms with E-state index in [1.807, 2.05) is 30.9 Å². The fourth-order valence-electron chi connectivity index (χ4n) is 2.62. The molecule has 116 valence electrons. The van der Waals surface area contributed by atoms with Gasteiger partial charge in [0.15, 0.2) is 0 Å². The Morgan fingerprint density at radius 3 is 2.57 bits per heavy atom. The molecule has 1 amide bonds. The van der Waals surface area contributed by atoms with Gasteiger partial charge >= 0.3 is 0 Å². The molecule has 1 saturated heterocycles. The van der Waals surface area contributed by atoms with E-state index < -0.39 is 0 Å². The molecule has 0 aromatic heterocycles. The van der Waals surface area contributed by atoms with Gasteiger partial charge in [0.25, 0.3) is 0 Å². The second-order valence-corrected chi connectivity index (χ2v) is 5.44. The summed E-state index contributed by atoms with van der Waals surface area (Å²) >= 11 is 0. The van der Waals surface area contributed by atoms with Crippen molar-refractivity contribution in [3.8, 4) is 0 Å². The molecule has 21 heavy (non-hydrogen) atoms. The van der Waals surface area contributed by atoms with Crippen molar-refractivity contribution in [1.82, 2.24) is 10.2 Å². The van der Waals surface area contributed by atoms with Crippen molar-refractivity contribution in [2.45, 2.75) is 26.3 Å². The molecule has 1 atom stereocenters. The highest BCUT2D eigenvalue weighted by Crippen LogP contribution is 2.20. The van der Waals surface area contributed by atoms with E-state index in [1.165, 1.54) is 6.07 Å². The maximum absolute atomic E-state index is 13.8. The van der Waals surface area contributed by atoms with Gasteiger partial charge in [-0.15, -0.1) is 0 Å². The number of hydrogen-bond donors (Lipinski definition) is 1. The minimum absolute atomic E-state index is 0.0798. The number of anilines is 1. The molecular weight excluding hydrogens is 269 g/mol. The quantitative estimate of drug-likeness (QED) is 0.900. The van der Waals surface area contributed by atoms with Crippen molar-refractivity contribution in [3.63, 3.8) is 0 Å². The van der Waals surface area contributed by atoms with E-state index in [2.05, 4.69) is 10.2 Å². The fraction of sp³-hybridized carbons (Fsp3) is 0.562. The number of benzene rings is 1. The maximum atomic E-state index is 13.8. The van der Waals surface area contributed by atoms with Gasteiger partial charge in [-0.05, 0) is 25.5 Å². The van der Waals surface area contributed by atoms with E-state index in [-0.39, 0.29) is 17.8 Å². The average Bonchev–Trinajstić information content (AvgIpc) is 2.52. The number of amides is 1. The van der Waals surface area contributed by atoms with Crippen molar-refractivity contribution in [2.75, 3.05) is 37.6 Å². The molecule has 5 heteroatoms. The molecule has 0 bridgehead atoms. The van der Waals surface area contributed by atoms with Crippen LogP contribution in [0.1, 0.15) is 20.3 Å². The van der Waals surface area contributed by atoms with Gasteiger partial charge in [0, 0.05) is 32.7 Å². The van der Waals surface area contributed by atoms with Crippen LogP contribution >= 0.6 is 0 Å². The van der Waals surface area contributed by atoms with E-state index >= 15 is 0 Å². The third-order valence-electron chi connectivity index (χ3n) is 3.98. The van der Waals surface area contributed by atoms with Crippen LogP contribution in [0.15, 0.2) is 24.3 Å². The number of nitrogens with one attached hydrogen (secondary N) is 1. The molecule has 1 heterocycles. The minimum Gasteiger partial charge on any atom is -0.367 e. The van der Waals surface area contributed by atoms with E-state index in [0.29, 0.717) is 5.69 Å². The molecule has 1 aromatic rings. The van der Waals surface area contributed by atoms with Gasteiger partial charge in [-0.3, -0.25) is 9.69 Å². The number of nitrogens with zero attached hydrogens (tertiary/aromatic N) is 2. The summed E-state index contributed by atoms with van der Waals surface area (Å²) in [5, 5.41) is 2.93. The number of piperazine rings is 1. The lowest BCUT2D eigenvalue weighted by molar-refractivity contribution is -0.126. The standard InChI is InChI=1S/C16H24FN3O/c1-3-8-18-16(21)13(2)19-9-11-20(12-10-19)15-7-5-4-6-14(15)17/h4-7,13H,3,8-12H2,1-2H3,(H,18,21)/t13-/m1/s1. The van der Waals surface area contributed by atoms with Gasteiger partial charge in [0.1, 0.15) is 5.82 Å². The number of carbonyl (C=O) groups is 1. The van der Waals surface area contributed by atoms with Crippen molar-refractivity contribution in [3.05, 3.63) is 30.1 Å². The number of halogens is 1. The monoisotopic (exact) mass is 293 g/mol. The molecule has 1 aliphatic rings. The first kappa shape index (κ1) is 15.8. The van der Waals surface area contributed by atoms with E-state index in [4.69, 9.17) is 0 Å². The predicted octanol–water partition coefficient (Wildman–Crippen LogP) is 1.86. The first-order valence-electron chi connectivity index (χ1n) is 7.64. The Balaban J connectivity index is 1.88. The first-order chi connectivity index (χ1) is 10.1. The van der Waals surface area contributed by atoms with E-state index in [9.17, 15) is 9.18 Å².